The van der Waals surface area contributed by atoms with E-state index in [1.54, 1.807) is 0 Å². The molecule has 1 amide bonds. The fraction of sp³-hybridized carbons (Fsp3) is 0.632. The minimum absolute atomic E-state index is 0. The molecule has 1 radical (unpaired) electrons. The number of anilines is 1. The van der Waals surface area contributed by atoms with Crippen LogP contribution in [-0.2, 0) is 37.5 Å². The van der Waals surface area contributed by atoms with Crippen molar-refractivity contribution in [3.8, 4) is 0 Å². The fourth-order valence-electron chi connectivity index (χ4n) is 4.22. The molecule has 125 valence electrons. The summed E-state index contributed by atoms with van der Waals surface area (Å²) in [4.78, 5) is 13.1. The number of carbonyl (C=O) groups excluding carboxylic acids is 1. The molecule has 0 atom stereocenters. The molecule has 0 aromatic heterocycles. The molecule has 2 rings (SSSR count). The van der Waals surface area contributed by atoms with Gasteiger partial charge in [-0.25, -0.2) is 0 Å². The molecule has 0 unspecified atom stereocenters. The first-order valence-electron chi connectivity index (χ1n) is 8.61. The largest absolute Gasteiger partial charge is 0.320 e. The van der Waals surface area contributed by atoms with Gasteiger partial charge in [-0.3, -0.25) is 4.79 Å². The minimum atomic E-state index is -0.206. The van der Waals surface area contributed by atoms with Gasteiger partial charge in [0.15, 0.2) is 5.54 Å². The number of rotatable bonds is 6. The molecule has 0 heterocycles. The standard InChI is InChI=1S/C19H30N2O.Y/c1-7-21(8-2,9-3)19(10-11-19)18(22)20-17-15(5)12-14(4)13-16(17)6;/h12-13H,7-11H2,1-6H3;/p+1. The van der Waals surface area contributed by atoms with Gasteiger partial charge in [-0.2, -0.15) is 0 Å². The van der Waals surface area contributed by atoms with Crippen molar-refractivity contribution in [2.24, 2.45) is 0 Å². The third-order valence-corrected chi connectivity index (χ3v) is 5.79. The van der Waals surface area contributed by atoms with Crippen molar-refractivity contribution < 1.29 is 42.0 Å². The zero-order chi connectivity index (χ0) is 16.5. The Balaban J connectivity index is 0.00000264. The van der Waals surface area contributed by atoms with Crippen molar-refractivity contribution in [1.29, 1.82) is 0 Å². The van der Waals surface area contributed by atoms with Gasteiger partial charge in [0.2, 0.25) is 0 Å². The number of hydrogen-bond donors (Lipinski definition) is 1. The topological polar surface area (TPSA) is 29.1 Å². The van der Waals surface area contributed by atoms with Crippen LogP contribution in [0, 0.1) is 20.8 Å². The van der Waals surface area contributed by atoms with Crippen LogP contribution >= 0.6 is 0 Å². The van der Waals surface area contributed by atoms with Crippen molar-refractivity contribution in [3.05, 3.63) is 28.8 Å². The first kappa shape index (κ1) is 20.8. The maximum absolute atomic E-state index is 13.1. The minimum Gasteiger partial charge on any atom is -0.320 e. The first-order chi connectivity index (χ1) is 10.4. The van der Waals surface area contributed by atoms with Crippen LogP contribution in [0.2, 0.25) is 0 Å². The van der Waals surface area contributed by atoms with E-state index in [2.05, 4.69) is 59.0 Å². The summed E-state index contributed by atoms with van der Waals surface area (Å²) in [5.74, 6) is 0.216. The Labute approximate surface area is 166 Å². The third kappa shape index (κ3) is 3.57. The third-order valence-electron chi connectivity index (χ3n) is 5.79. The first-order valence-corrected chi connectivity index (χ1v) is 8.61. The number of likely N-dealkylation sites (N-methyl/N-ethyl adjacent to an activating group) is 1. The van der Waals surface area contributed by atoms with Crippen molar-refractivity contribution in [2.45, 2.75) is 59.9 Å². The number of hydrogen-bond acceptors (Lipinski definition) is 1. The smallest absolute Gasteiger partial charge is 0.285 e. The van der Waals surface area contributed by atoms with Crippen LogP contribution in [0.15, 0.2) is 12.1 Å². The molecular formula is C19H31N2OY+. The summed E-state index contributed by atoms with van der Waals surface area (Å²) >= 11 is 0. The van der Waals surface area contributed by atoms with E-state index in [1.807, 2.05) is 0 Å². The summed E-state index contributed by atoms with van der Waals surface area (Å²) in [5, 5.41) is 3.26. The van der Waals surface area contributed by atoms with Crippen LogP contribution in [0.25, 0.3) is 0 Å². The summed E-state index contributed by atoms with van der Waals surface area (Å²) < 4.78 is 0.906. The van der Waals surface area contributed by atoms with Crippen molar-refractivity contribution in [3.63, 3.8) is 0 Å². The summed E-state index contributed by atoms with van der Waals surface area (Å²) in [6.07, 6.45) is 2.02. The molecule has 1 saturated carbocycles. The van der Waals surface area contributed by atoms with Gasteiger partial charge in [0, 0.05) is 51.2 Å². The zero-order valence-electron chi connectivity index (χ0n) is 15.6. The summed E-state index contributed by atoms with van der Waals surface area (Å²) in [6, 6.07) is 4.29. The molecular weight excluding hydrogens is 361 g/mol. The van der Waals surface area contributed by atoms with Gasteiger partial charge in [-0.15, -0.1) is 0 Å². The summed E-state index contributed by atoms with van der Waals surface area (Å²) in [6.45, 7) is 16.0. The number of benzene rings is 1. The van der Waals surface area contributed by atoms with Gasteiger partial charge in [0.1, 0.15) is 0 Å². The van der Waals surface area contributed by atoms with Crippen molar-refractivity contribution in [2.75, 3.05) is 25.0 Å². The maximum atomic E-state index is 13.1. The predicted octanol–water partition coefficient (Wildman–Crippen LogP) is 3.96. The predicted molar refractivity (Wildman–Crippen MR) is 93.1 cm³/mol. The molecule has 23 heavy (non-hydrogen) atoms. The van der Waals surface area contributed by atoms with Gasteiger partial charge < -0.3 is 9.80 Å². The van der Waals surface area contributed by atoms with Gasteiger partial charge in [0.25, 0.3) is 5.91 Å². The van der Waals surface area contributed by atoms with Gasteiger partial charge in [0.05, 0.1) is 19.6 Å². The van der Waals surface area contributed by atoms with Crippen LogP contribution < -0.4 is 5.32 Å². The Morgan fingerprint density at radius 3 is 1.83 bits per heavy atom. The summed E-state index contributed by atoms with van der Waals surface area (Å²) in [7, 11) is 0. The van der Waals surface area contributed by atoms with Crippen LogP contribution in [-0.4, -0.2) is 35.6 Å². The van der Waals surface area contributed by atoms with Gasteiger partial charge >= 0.3 is 0 Å². The van der Waals surface area contributed by atoms with E-state index in [-0.39, 0.29) is 44.2 Å². The van der Waals surface area contributed by atoms with Crippen molar-refractivity contribution >= 4 is 11.6 Å². The molecule has 4 heteroatoms. The Morgan fingerprint density at radius 1 is 1.04 bits per heavy atom. The SMILES string of the molecule is CC[N+](CC)(CC)C1(C(=O)Nc2c(C)cc(C)cc2C)CC1.[Y]. The molecule has 0 spiro atoms. The Bertz CT molecular complexity index is 543. The Kier molecular flexibility index (Phi) is 7.01. The number of amides is 1. The monoisotopic (exact) mass is 392 g/mol. The van der Waals surface area contributed by atoms with E-state index < -0.39 is 0 Å². The second kappa shape index (κ2) is 7.76. The normalized spacial score (nSPS) is 15.7. The summed E-state index contributed by atoms with van der Waals surface area (Å²) in [5.41, 5.74) is 4.36. The number of nitrogens with zero attached hydrogens (tertiary/aromatic N) is 1. The van der Waals surface area contributed by atoms with Crippen LogP contribution in [0.5, 0.6) is 0 Å². The molecule has 1 fully saturated rings. The van der Waals surface area contributed by atoms with E-state index in [0.29, 0.717) is 0 Å². The molecule has 1 N–H and O–H groups in total. The second-order valence-electron chi connectivity index (χ2n) is 6.85. The van der Waals surface area contributed by atoms with Crippen LogP contribution in [0.4, 0.5) is 5.69 Å². The molecule has 3 nitrogen and oxygen atoms in total. The van der Waals surface area contributed by atoms with Crippen molar-refractivity contribution in [1.82, 2.24) is 0 Å². The quantitative estimate of drug-likeness (QED) is 0.730. The molecule has 1 aliphatic carbocycles. The van der Waals surface area contributed by atoms with E-state index in [1.165, 1.54) is 5.56 Å². The van der Waals surface area contributed by atoms with E-state index in [9.17, 15) is 4.79 Å². The molecule has 0 saturated heterocycles. The number of carbonyl (C=O) groups is 1. The molecule has 1 aliphatic rings. The van der Waals surface area contributed by atoms with Gasteiger partial charge in [-0.1, -0.05) is 17.7 Å². The second-order valence-corrected chi connectivity index (χ2v) is 6.85. The fourth-order valence-corrected chi connectivity index (χ4v) is 4.22. The van der Waals surface area contributed by atoms with E-state index in [4.69, 9.17) is 0 Å². The number of nitrogens with one attached hydrogen (secondary N) is 1. The Hall–Kier alpha value is -0.246. The van der Waals surface area contributed by atoms with E-state index >= 15 is 0 Å². The zero-order valence-corrected chi connectivity index (χ0v) is 18.5. The average Bonchev–Trinajstić information content (AvgIpc) is 3.27. The molecule has 0 aliphatic heterocycles. The van der Waals surface area contributed by atoms with E-state index in [0.717, 1.165) is 53.8 Å². The molecule has 1 aromatic carbocycles. The molecule has 1 aromatic rings. The average molecular weight is 392 g/mol. The van der Waals surface area contributed by atoms with Crippen LogP contribution in [0.1, 0.15) is 50.3 Å². The maximum Gasteiger partial charge on any atom is 0.285 e. The van der Waals surface area contributed by atoms with Crippen LogP contribution in [0.3, 0.4) is 0 Å². The number of aryl methyl sites for hydroxylation is 3. The number of quaternary nitrogens is 1. The molecule has 0 bridgehead atoms. The Morgan fingerprint density at radius 2 is 1.48 bits per heavy atom. The van der Waals surface area contributed by atoms with Gasteiger partial charge in [-0.05, 0) is 52.7 Å².